The highest BCUT2D eigenvalue weighted by Crippen LogP contribution is 2.24. The molecule has 0 saturated carbocycles. The number of hydrogen-bond donors (Lipinski definition) is 1. The van der Waals surface area contributed by atoms with Crippen LogP contribution in [-0.4, -0.2) is 43.1 Å². The molecule has 2 amide bonds. The summed E-state index contributed by atoms with van der Waals surface area (Å²) in [4.78, 5) is 26.5. The number of amides is 2. The SMILES string of the molecule is COC1CC=C(CN(Cc2ccccc2)C(=O)c2ccccc2)C=C1COc1ccc(NC(C)=O)cc1. The number of ether oxygens (including phenoxy) is 2. The van der Waals surface area contributed by atoms with E-state index in [0.717, 1.165) is 22.4 Å². The number of benzene rings is 3. The molecule has 1 aliphatic rings. The van der Waals surface area contributed by atoms with Crippen LogP contribution in [0.2, 0.25) is 0 Å². The number of hydrogen-bond acceptors (Lipinski definition) is 4. The summed E-state index contributed by atoms with van der Waals surface area (Å²) in [7, 11) is 1.69. The van der Waals surface area contributed by atoms with Crippen molar-refractivity contribution in [1.29, 1.82) is 0 Å². The summed E-state index contributed by atoms with van der Waals surface area (Å²) in [5.74, 6) is 0.575. The minimum Gasteiger partial charge on any atom is -0.489 e. The molecule has 6 nitrogen and oxygen atoms in total. The predicted molar refractivity (Wildman–Crippen MR) is 145 cm³/mol. The Kier molecular flexibility index (Phi) is 8.89. The Morgan fingerprint density at radius 1 is 0.919 bits per heavy atom. The second kappa shape index (κ2) is 12.7. The molecule has 0 bridgehead atoms. The smallest absolute Gasteiger partial charge is 0.254 e. The van der Waals surface area contributed by atoms with Crippen LogP contribution in [-0.2, 0) is 16.1 Å². The van der Waals surface area contributed by atoms with Crippen molar-refractivity contribution in [2.75, 3.05) is 25.6 Å². The molecule has 0 aromatic heterocycles. The van der Waals surface area contributed by atoms with E-state index in [-0.39, 0.29) is 17.9 Å². The maximum absolute atomic E-state index is 13.4. The van der Waals surface area contributed by atoms with Crippen molar-refractivity contribution >= 4 is 17.5 Å². The highest BCUT2D eigenvalue weighted by atomic mass is 16.5. The van der Waals surface area contributed by atoms with Gasteiger partial charge in [0.25, 0.3) is 5.91 Å². The Labute approximate surface area is 218 Å². The van der Waals surface area contributed by atoms with E-state index in [1.807, 2.05) is 89.8 Å². The molecule has 0 heterocycles. The molecule has 1 unspecified atom stereocenters. The summed E-state index contributed by atoms with van der Waals surface area (Å²) in [5.41, 5.74) is 4.53. The summed E-state index contributed by atoms with van der Waals surface area (Å²) in [6, 6.07) is 26.7. The van der Waals surface area contributed by atoms with Gasteiger partial charge in [0.1, 0.15) is 12.4 Å². The molecular weight excluding hydrogens is 464 g/mol. The van der Waals surface area contributed by atoms with Gasteiger partial charge < -0.3 is 19.7 Å². The van der Waals surface area contributed by atoms with Crippen LogP contribution >= 0.6 is 0 Å². The first-order valence-corrected chi connectivity index (χ1v) is 12.3. The average molecular weight is 497 g/mol. The van der Waals surface area contributed by atoms with Gasteiger partial charge >= 0.3 is 0 Å². The van der Waals surface area contributed by atoms with Gasteiger partial charge in [-0.1, -0.05) is 60.7 Å². The highest BCUT2D eigenvalue weighted by Gasteiger charge is 2.22. The molecule has 6 heteroatoms. The van der Waals surface area contributed by atoms with E-state index in [1.165, 1.54) is 6.92 Å². The third-order valence-electron chi connectivity index (χ3n) is 6.14. The maximum Gasteiger partial charge on any atom is 0.254 e. The van der Waals surface area contributed by atoms with Crippen molar-refractivity contribution in [1.82, 2.24) is 4.90 Å². The molecule has 3 aromatic rings. The number of anilines is 1. The van der Waals surface area contributed by atoms with Gasteiger partial charge in [0.15, 0.2) is 0 Å². The topological polar surface area (TPSA) is 67.9 Å². The molecule has 1 aliphatic carbocycles. The third-order valence-corrected chi connectivity index (χ3v) is 6.14. The van der Waals surface area contributed by atoms with Gasteiger partial charge in [0.2, 0.25) is 5.91 Å². The number of nitrogens with one attached hydrogen (secondary N) is 1. The fourth-order valence-corrected chi connectivity index (χ4v) is 4.28. The first kappa shape index (κ1) is 25.9. The van der Waals surface area contributed by atoms with E-state index >= 15 is 0 Å². The lowest BCUT2D eigenvalue weighted by atomic mass is 9.96. The highest BCUT2D eigenvalue weighted by molar-refractivity contribution is 5.94. The molecule has 4 rings (SSSR count). The van der Waals surface area contributed by atoms with Crippen LogP contribution in [0.15, 0.2) is 108 Å². The van der Waals surface area contributed by atoms with E-state index in [2.05, 4.69) is 17.5 Å². The summed E-state index contributed by atoms with van der Waals surface area (Å²) in [6.45, 7) is 2.83. The lowest BCUT2D eigenvalue weighted by molar-refractivity contribution is -0.114. The zero-order valence-corrected chi connectivity index (χ0v) is 21.2. The first-order valence-electron chi connectivity index (χ1n) is 12.3. The molecule has 0 fully saturated rings. The van der Waals surface area contributed by atoms with Gasteiger partial charge in [-0.25, -0.2) is 0 Å². The van der Waals surface area contributed by atoms with Crippen LogP contribution in [0.3, 0.4) is 0 Å². The van der Waals surface area contributed by atoms with Crippen molar-refractivity contribution in [2.24, 2.45) is 0 Å². The van der Waals surface area contributed by atoms with Crippen LogP contribution < -0.4 is 10.1 Å². The number of nitrogens with zero attached hydrogens (tertiary/aromatic N) is 1. The molecule has 0 radical (unpaired) electrons. The first-order chi connectivity index (χ1) is 18.0. The van der Waals surface area contributed by atoms with Gasteiger partial charge in [-0.3, -0.25) is 9.59 Å². The van der Waals surface area contributed by atoms with E-state index in [0.29, 0.717) is 37.4 Å². The van der Waals surface area contributed by atoms with Crippen molar-refractivity contribution < 1.29 is 19.1 Å². The monoisotopic (exact) mass is 496 g/mol. The fourth-order valence-electron chi connectivity index (χ4n) is 4.28. The van der Waals surface area contributed by atoms with Crippen molar-refractivity contribution in [2.45, 2.75) is 26.0 Å². The largest absolute Gasteiger partial charge is 0.489 e. The summed E-state index contributed by atoms with van der Waals surface area (Å²) in [5, 5.41) is 2.75. The summed E-state index contributed by atoms with van der Waals surface area (Å²) >= 11 is 0. The molecule has 37 heavy (non-hydrogen) atoms. The molecule has 1 N–H and O–H groups in total. The van der Waals surface area contributed by atoms with Gasteiger partial charge in [-0.2, -0.15) is 0 Å². The van der Waals surface area contributed by atoms with Gasteiger partial charge in [0.05, 0.1) is 6.10 Å². The van der Waals surface area contributed by atoms with Crippen LogP contribution in [0.25, 0.3) is 0 Å². The average Bonchev–Trinajstić information content (AvgIpc) is 2.93. The van der Waals surface area contributed by atoms with Crippen molar-refractivity contribution in [3.8, 4) is 5.75 Å². The molecule has 1 atom stereocenters. The van der Waals surface area contributed by atoms with Crippen LogP contribution in [0.4, 0.5) is 5.69 Å². The Hall–Kier alpha value is -4.16. The molecule has 190 valence electrons. The maximum atomic E-state index is 13.4. The Bertz CT molecular complexity index is 1250. The number of carbonyl (C=O) groups is 2. The van der Waals surface area contributed by atoms with Gasteiger partial charge in [-0.15, -0.1) is 0 Å². The fraction of sp³-hybridized carbons (Fsp3) is 0.226. The Morgan fingerprint density at radius 3 is 2.24 bits per heavy atom. The number of methoxy groups -OCH3 is 1. The van der Waals surface area contributed by atoms with Crippen molar-refractivity contribution in [3.63, 3.8) is 0 Å². The van der Waals surface area contributed by atoms with Crippen molar-refractivity contribution in [3.05, 3.63) is 119 Å². The van der Waals surface area contributed by atoms with Crippen LogP contribution in [0.1, 0.15) is 29.3 Å². The zero-order valence-electron chi connectivity index (χ0n) is 21.2. The van der Waals surface area contributed by atoms with E-state index in [4.69, 9.17) is 9.47 Å². The van der Waals surface area contributed by atoms with E-state index in [9.17, 15) is 9.59 Å². The number of rotatable bonds is 10. The third kappa shape index (κ3) is 7.41. The standard InChI is InChI=1S/C31H32N2O4/c1-23(34)32-28-14-16-29(17-15-28)37-22-27-19-25(13-18-30(27)36-2)21-33(20-24-9-5-3-6-10-24)31(35)26-11-7-4-8-12-26/h3-17,19,30H,18,20-22H2,1-2H3,(H,32,34). The zero-order chi connectivity index (χ0) is 26.0. The molecule has 0 aliphatic heterocycles. The summed E-state index contributed by atoms with van der Waals surface area (Å²) in [6.07, 6.45) is 4.84. The van der Waals surface area contributed by atoms with E-state index < -0.39 is 0 Å². The second-order valence-corrected chi connectivity index (χ2v) is 8.97. The minimum atomic E-state index is -0.115. The van der Waals surface area contributed by atoms with Gasteiger partial charge in [0, 0.05) is 38.4 Å². The van der Waals surface area contributed by atoms with Crippen LogP contribution in [0.5, 0.6) is 5.75 Å². The quantitative estimate of drug-likeness (QED) is 0.395. The number of carbonyl (C=O) groups excluding carboxylic acids is 2. The lowest BCUT2D eigenvalue weighted by Crippen LogP contribution is -2.33. The molecule has 0 saturated heterocycles. The van der Waals surface area contributed by atoms with Gasteiger partial charge in [-0.05, 0) is 59.5 Å². The predicted octanol–water partition coefficient (Wildman–Crippen LogP) is 5.64. The minimum absolute atomic E-state index is 0.00956. The molecule has 3 aromatic carbocycles. The lowest BCUT2D eigenvalue weighted by Gasteiger charge is -2.27. The molecule has 0 spiro atoms. The Morgan fingerprint density at radius 2 is 1.59 bits per heavy atom. The molecular formula is C31H32N2O4. The normalized spacial score (nSPS) is 14.8. The van der Waals surface area contributed by atoms with E-state index in [1.54, 1.807) is 7.11 Å². The Balaban J connectivity index is 1.48. The van der Waals surface area contributed by atoms with Crippen LogP contribution in [0, 0.1) is 0 Å². The second-order valence-electron chi connectivity index (χ2n) is 8.97. The summed E-state index contributed by atoms with van der Waals surface area (Å²) < 4.78 is 11.7.